The predicted molar refractivity (Wildman–Crippen MR) is 78.6 cm³/mol. The lowest BCUT2D eigenvalue weighted by molar-refractivity contribution is -0.132. The van der Waals surface area contributed by atoms with Crippen LogP contribution in [-0.4, -0.2) is 35.1 Å². The maximum Gasteiger partial charge on any atom is 0.222 e. The van der Waals surface area contributed by atoms with Crippen LogP contribution in [0.5, 0.6) is 0 Å². The van der Waals surface area contributed by atoms with Crippen LogP contribution in [0, 0.1) is 0 Å². The van der Waals surface area contributed by atoms with Crippen molar-refractivity contribution in [2.24, 2.45) is 0 Å². The highest BCUT2D eigenvalue weighted by molar-refractivity contribution is 5.76. The third kappa shape index (κ3) is 6.77. The fraction of sp³-hybridized carbons (Fsp3) is 0.438. The van der Waals surface area contributed by atoms with Gasteiger partial charge in [0.05, 0.1) is 5.60 Å². The predicted octanol–water partition coefficient (Wildman–Crippen LogP) is 2.71. The summed E-state index contributed by atoms with van der Waals surface area (Å²) in [6, 6.07) is 10.0. The zero-order chi connectivity index (χ0) is 14.3. The van der Waals surface area contributed by atoms with Crippen molar-refractivity contribution in [3.05, 3.63) is 42.0 Å². The van der Waals surface area contributed by atoms with E-state index in [0.29, 0.717) is 19.4 Å². The molecule has 1 aromatic carbocycles. The van der Waals surface area contributed by atoms with E-state index in [1.165, 1.54) is 0 Å². The molecule has 0 unspecified atom stereocenters. The molecule has 1 aromatic rings. The number of amides is 1. The van der Waals surface area contributed by atoms with Gasteiger partial charge in [-0.3, -0.25) is 4.79 Å². The Hall–Kier alpha value is -1.61. The van der Waals surface area contributed by atoms with Gasteiger partial charge in [0.25, 0.3) is 0 Å². The van der Waals surface area contributed by atoms with E-state index in [0.717, 1.165) is 5.56 Å². The van der Waals surface area contributed by atoms with E-state index in [-0.39, 0.29) is 5.91 Å². The molecule has 0 aliphatic heterocycles. The van der Waals surface area contributed by atoms with Gasteiger partial charge in [-0.05, 0) is 25.8 Å². The smallest absolute Gasteiger partial charge is 0.222 e. The zero-order valence-electron chi connectivity index (χ0n) is 12.0. The molecular weight excluding hydrogens is 238 g/mol. The van der Waals surface area contributed by atoms with Crippen LogP contribution in [0.3, 0.4) is 0 Å². The van der Waals surface area contributed by atoms with Gasteiger partial charge in [-0.2, -0.15) is 0 Å². The summed E-state index contributed by atoms with van der Waals surface area (Å²) in [6.45, 7) is 3.76. The second-order valence-electron chi connectivity index (χ2n) is 5.41. The molecule has 0 aliphatic rings. The van der Waals surface area contributed by atoms with Crippen LogP contribution < -0.4 is 0 Å². The van der Waals surface area contributed by atoms with Gasteiger partial charge in [-0.15, -0.1) is 0 Å². The number of hydrogen-bond acceptors (Lipinski definition) is 2. The fourth-order valence-corrected chi connectivity index (χ4v) is 1.85. The van der Waals surface area contributed by atoms with Crippen molar-refractivity contribution in [2.75, 3.05) is 13.6 Å². The molecule has 1 N–H and O–H groups in total. The maximum absolute atomic E-state index is 11.8. The minimum absolute atomic E-state index is 0.0554. The van der Waals surface area contributed by atoms with Crippen LogP contribution in [0.15, 0.2) is 36.4 Å². The van der Waals surface area contributed by atoms with Crippen LogP contribution in [0.25, 0.3) is 6.08 Å². The summed E-state index contributed by atoms with van der Waals surface area (Å²) >= 11 is 0. The van der Waals surface area contributed by atoms with Crippen molar-refractivity contribution < 1.29 is 9.90 Å². The first-order valence-corrected chi connectivity index (χ1v) is 6.56. The summed E-state index contributed by atoms with van der Waals surface area (Å²) in [7, 11) is 1.72. The van der Waals surface area contributed by atoms with Gasteiger partial charge < -0.3 is 10.0 Å². The van der Waals surface area contributed by atoms with Gasteiger partial charge in [-0.1, -0.05) is 42.5 Å². The number of rotatable bonds is 6. The number of benzene rings is 1. The Labute approximate surface area is 115 Å². The number of carbonyl (C=O) groups is 1. The standard InChI is InChI=1S/C16H23NO2/c1-16(2,19)13-17(3)15(18)12-8-7-11-14-9-5-4-6-10-14/h4-7,9-11,19H,8,12-13H2,1-3H3. The summed E-state index contributed by atoms with van der Waals surface area (Å²) in [5.74, 6) is 0.0554. The van der Waals surface area contributed by atoms with Gasteiger partial charge in [-0.25, -0.2) is 0 Å². The Balaban J connectivity index is 2.33. The van der Waals surface area contributed by atoms with Crippen LogP contribution in [-0.2, 0) is 4.79 Å². The first kappa shape index (κ1) is 15.4. The van der Waals surface area contributed by atoms with Gasteiger partial charge >= 0.3 is 0 Å². The number of aliphatic hydroxyl groups is 1. The number of nitrogens with zero attached hydrogens (tertiary/aromatic N) is 1. The van der Waals surface area contributed by atoms with E-state index >= 15 is 0 Å². The molecule has 0 aliphatic carbocycles. The number of carbonyl (C=O) groups excluding carboxylic acids is 1. The molecule has 0 saturated carbocycles. The first-order valence-electron chi connectivity index (χ1n) is 6.56. The highest BCUT2D eigenvalue weighted by Gasteiger charge is 2.18. The molecule has 3 heteroatoms. The molecule has 3 nitrogen and oxygen atoms in total. The largest absolute Gasteiger partial charge is 0.389 e. The zero-order valence-corrected chi connectivity index (χ0v) is 12.0. The summed E-state index contributed by atoms with van der Waals surface area (Å²) in [5.41, 5.74) is 0.296. The van der Waals surface area contributed by atoms with Crippen molar-refractivity contribution in [3.8, 4) is 0 Å². The Kier molecular flexibility index (Phi) is 5.77. The second-order valence-corrected chi connectivity index (χ2v) is 5.41. The van der Waals surface area contributed by atoms with Crippen LogP contribution >= 0.6 is 0 Å². The molecule has 0 saturated heterocycles. The van der Waals surface area contributed by atoms with Gasteiger partial charge in [0.1, 0.15) is 0 Å². The van der Waals surface area contributed by atoms with E-state index in [1.54, 1.807) is 25.8 Å². The Morgan fingerprint density at radius 1 is 1.32 bits per heavy atom. The summed E-state index contributed by atoms with van der Waals surface area (Å²) < 4.78 is 0. The monoisotopic (exact) mass is 261 g/mol. The second kappa shape index (κ2) is 7.10. The molecule has 0 radical (unpaired) electrons. The topological polar surface area (TPSA) is 40.5 Å². The Morgan fingerprint density at radius 3 is 2.53 bits per heavy atom. The lowest BCUT2D eigenvalue weighted by atomic mass is 10.1. The first-order chi connectivity index (χ1) is 8.88. The van der Waals surface area contributed by atoms with Crippen LogP contribution in [0.1, 0.15) is 32.3 Å². The lowest BCUT2D eigenvalue weighted by Crippen LogP contribution is -2.39. The van der Waals surface area contributed by atoms with Crippen molar-refractivity contribution in [3.63, 3.8) is 0 Å². The average molecular weight is 261 g/mol. The van der Waals surface area contributed by atoms with Gasteiger partial charge in [0.2, 0.25) is 5.91 Å². The molecule has 19 heavy (non-hydrogen) atoms. The fourth-order valence-electron chi connectivity index (χ4n) is 1.85. The molecule has 0 atom stereocenters. The Bertz CT molecular complexity index is 418. The molecule has 0 heterocycles. The van der Waals surface area contributed by atoms with Crippen molar-refractivity contribution in [1.82, 2.24) is 4.90 Å². The highest BCUT2D eigenvalue weighted by atomic mass is 16.3. The van der Waals surface area contributed by atoms with Crippen molar-refractivity contribution >= 4 is 12.0 Å². The molecule has 0 bridgehead atoms. The minimum Gasteiger partial charge on any atom is -0.389 e. The highest BCUT2D eigenvalue weighted by Crippen LogP contribution is 2.07. The van der Waals surface area contributed by atoms with Crippen molar-refractivity contribution in [1.29, 1.82) is 0 Å². The van der Waals surface area contributed by atoms with Gasteiger partial charge in [0, 0.05) is 20.0 Å². The van der Waals surface area contributed by atoms with E-state index in [4.69, 9.17) is 0 Å². The quantitative estimate of drug-likeness (QED) is 0.855. The van der Waals surface area contributed by atoms with Gasteiger partial charge in [0.15, 0.2) is 0 Å². The summed E-state index contributed by atoms with van der Waals surface area (Å²) in [5, 5.41) is 9.65. The Morgan fingerprint density at radius 2 is 1.95 bits per heavy atom. The van der Waals surface area contributed by atoms with E-state index < -0.39 is 5.60 Å². The third-order valence-electron chi connectivity index (χ3n) is 2.68. The molecule has 0 spiro atoms. The number of allylic oxidation sites excluding steroid dienone is 1. The molecule has 1 rings (SSSR count). The summed E-state index contributed by atoms with van der Waals surface area (Å²) in [6.07, 6.45) is 5.20. The van der Waals surface area contributed by atoms with Crippen LogP contribution in [0.4, 0.5) is 0 Å². The molecule has 0 aromatic heterocycles. The maximum atomic E-state index is 11.8. The number of hydrogen-bond donors (Lipinski definition) is 1. The average Bonchev–Trinajstić information content (AvgIpc) is 2.33. The van der Waals surface area contributed by atoms with E-state index in [2.05, 4.69) is 0 Å². The molecule has 1 amide bonds. The van der Waals surface area contributed by atoms with E-state index in [9.17, 15) is 9.90 Å². The minimum atomic E-state index is -0.843. The van der Waals surface area contributed by atoms with Crippen molar-refractivity contribution in [2.45, 2.75) is 32.3 Å². The normalized spacial score (nSPS) is 11.8. The summed E-state index contributed by atoms with van der Waals surface area (Å²) in [4.78, 5) is 13.4. The third-order valence-corrected chi connectivity index (χ3v) is 2.68. The lowest BCUT2D eigenvalue weighted by Gasteiger charge is -2.25. The SMILES string of the molecule is CN(CC(C)(C)O)C(=O)CCC=Cc1ccccc1. The number of likely N-dealkylation sites (N-methyl/N-ethyl adjacent to an activating group) is 1. The van der Waals surface area contributed by atoms with E-state index in [1.807, 2.05) is 42.5 Å². The molecular formula is C16H23NO2. The molecule has 0 fully saturated rings. The van der Waals surface area contributed by atoms with Crippen LogP contribution in [0.2, 0.25) is 0 Å². The molecule has 104 valence electrons.